The predicted octanol–water partition coefficient (Wildman–Crippen LogP) is 3.68. The standard InChI is InChI=1S/C23H23N3O3/c1-16-14-19(10-11-24-16)17-6-8-18(9-7-17)22(27)25-20-4-2-12-26(15-20)23(28)21-5-3-13-29-21/h3,5-11,13-14,20H,2,4,12,15H2,1H3,(H,25,27)/t20-/m0/s1. The first-order valence-electron chi connectivity index (χ1n) is 9.77. The van der Waals surface area contributed by atoms with E-state index in [1.165, 1.54) is 6.26 Å². The van der Waals surface area contributed by atoms with Crippen LogP contribution in [0.25, 0.3) is 11.1 Å². The number of likely N-dealkylation sites (tertiary alicyclic amines) is 1. The molecule has 0 unspecified atom stereocenters. The SMILES string of the molecule is Cc1cc(-c2ccc(C(=O)N[C@H]3CCCN(C(=O)c4ccco4)C3)cc2)ccn1. The van der Waals surface area contributed by atoms with Crippen molar-refractivity contribution in [2.24, 2.45) is 0 Å². The highest BCUT2D eigenvalue weighted by molar-refractivity contribution is 5.95. The second-order valence-electron chi connectivity index (χ2n) is 7.30. The van der Waals surface area contributed by atoms with E-state index in [0.29, 0.717) is 24.4 Å². The van der Waals surface area contributed by atoms with E-state index in [2.05, 4.69) is 10.3 Å². The molecule has 1 fully saturated rings. The molecule has 2 aromatic heterocycles. The van der Waals surface area contributed by atoms with E-state index < -0.39 is 0 Å². The van der Waals surface area contributed by atoms with Crippen LogP contribution >= 0.6 is 0 Å². The number of aryl methyl sites for hydroxylation is 1. The van der Waals surface area contributed by atoms with Crippen molar-refractivity contribution in [1.82, 2.24) is 15.2 Å². The van der Waals surface area contributed by atoms with Crippen molar-refractivity contribution in [3.05, 3.63) is 78.0 Å². The Morgan fingerprint density at radius 1 is 1.14 bits per heavy atom. The van der Waals surface area contributed by atoms with Gasteiger partial charge in [0.25, 0.3) is 11.8 Å². The zero-order valence-electron chi connectivity index (χ0n) is 16.3. The second-order valence-corrected chi connectivity index (χ2v) is 7.30. The van der Waals surface area contributed by atoms with Crippen molar-refractivity contribution in [2.45, 2.75) is 25.8 Å². The first kappa shape index (κ1) is 18.9. The number of hydrogen-bond donors (Lipinski definition) is 1. The summed E-state index contributed by atoms with van der Waals surface area (Å²) in [5, 5.41) is 3.06. The number of benzene rings is 1. The number of nitrogens with one attached hydrogen (secondary N) is 1. The third-order valence-corrected chi connectivity index (χ3v) is 5.15. The largest absolute Gasteiger partial charge is 0.459 e. The van der Waals surface area contributed by atoms with Gasteiger partial charge in [-0.2, -0.15) is 0 Å². The van der Waals surface area contributed by atoms with Crippen LogP contribution in [0.3, 0.4) is 0 Å². The van der Waals surface area contributed by atoms with E-state index >= 15 is 0 Å². The third-order valence-electron chi connectivity index (χ3n) is 5.15. The Morgan fingerprint density at radius 2 is 1.97 bits per heavy atom. The van der Waals surface area contributed by atoms with Crippen LogP contribution < -0.4 is 5.32 Å². The molecule has 3 heterocycles. The highest BCUT2D eigenvalue weighted by Crippen LogP contribution is 2.20. The van der Waals surface area contributed by atoms with Crippen molar-refractivity contribution in [3.8, 4) is 11.1 Å². The van der Waals surface area contributed by atoms with Gasteiger partial charge in [-0.05, 0) is 67.3 Å². The van der Waals surface area contributed by atoms with E-state index in [1.54, 1.807) is 23.2 Å². The summed E-state index contributed by atoms with van der Waals surface area (Å²) in [6.45, 7) is 3.11. The van der Waals surface area contributed by atoms with Gasteiger partial charge in [0.2, 0.25) is 0 Å². The Kier molecular flexibility index (Phi) is 5.42. The lowest BCUT2D eigenvalue weighted by Gasteiger charge is -2.32. The summed E-state index contributed by atoms with van der Waals surface area (Å²) in [7, 11) is 0. The molecule has 29 heavy (non-hydrogen) atoms. The van der Waals surface area contributed by atoms with Gasteiger partial charge in [0.05, 0.1) is 6.26 Å². The number of piperidine rings is 1. The first-order chi connectivity index (χ1) is 14.1. The fraction of sp³-hybridized carbons (Fsp3) is 0.261. The molecule has 0 radical (unpaired) electrons. The Balaban J connectivity index is 1.39. The van der Waals surface area contributed by atoms with E-state index in [0.717, 1.165) is 29.7 Å². The van der Waals surface area contributed by atoms with Crippen LogP contribution in [0.1, 0.15) is 39.4 Å². The molecule has 1 aliphatic rings. The lowest BCUT2D eigenvalue weighted by atomic mass is 10.0. The number of carbonyl (C=O) groups is 2. The van der Waals surface area contributed by atoms with Gasteiger partial charge in [-0.25, -0.2) is 0 Å². The molecule has 1 N–H and O–H groups in total. The van der Waals surface area contributed by atoms with Crippen molar-refractivity contribution in [3.63, 3.8) is 0 Å². The Labute approximate surface area is 169 Å². The molecule has 0 saturated carbocycles. The topological polar surface area (TPSA) is 75.4 Å². The summed E-state index contributed by atoms with van der Waals surface area (Å²) in [5.41, 5.74) is 3.67. The lowest BCUT2D eigenvalue weighted by molar-refractivity contribution is 0.0647. The molecule has 0 aliphatic carbocycles. The molecule has 1 saturated heterocycles. The molecule has 6 heteroatoms. The minimum absolute atomic E-state index is 0.0716. The Bertz CT molecular complexity index is 996. The maximum atomic E-state index is 12.7. The molecule has 6 nitrogen and oxygen atoms in total. The average Bonchev–Trinajstić information content (AvgIpc) is 3.28. The molecule has 1 aliphatic heterocycles. The number of hydrogen-bond acceptors (Lipinski definition) is 4. The number of furan rings is 1. The van der Waals surface area contributed by atoms with Crippen LogP contribution in [0.5, 0.6) is 0 Å². The van der Waals surface area contributed by atoms with Gasteiger partial charge in [-0.1, -0.05) is 12.1 Å². The van der Waals surface area contributed by atoms with Crippen molar-refractivity contribution in [1.29, 1.82) is 0 Å². The van der Waals surface area contributed by atoms with Crippen LogP contribution in [0.4, 0.5) is 0 Å². The summed E-state index contributed by atoms with van der Waals surface area (Å²) < 4.78 is 5.21. The number of amides is 2. The van der Waals surface area contributed by atoms with Gasteiger partial charge in [0.1, 0.15) is 0 Å². The number of nitrogens with zero attached hydrogens (tertiary/aromatic N) is 2. The predicted molar refractivity (Wildman–Crippen MR) is 110 cm³/mol. The minimum Gasteiger partial charge on any atom is -0.459 e. The van der Waals surface area contributed by atoms with E-state index in [-0.39, 0.29) is 17.9 Å². The summed E-state index contributed by atoms with van der Waals surface area (Å²) in [6.07, 6.45) is 4.97. The molecule has 0 bridgehead atoms. The molecule has 4 rings (SSSR count). The fourth-order valence-electron chi connectivity index (χ4n) is 3.64. The van der Waals surface area contributed by atoms with Crippen molar-refractivity contribution >= 4 is 11.8 Å². The van der Waals surface area contributed by atoms with Crippen LogP contribution in [-0.4, -0.2) is 40.8 Å². The maximum Gasteiger partial charge on any atom is 0.289 e. The van der Waals surface area contributed by atoms with E-state index in [1.807, 2.05) is 43.3 Å². The molecule has 1 aromatic carbocycles. The number of carbonyl (C=O) groups excluding carboxylic acids is 2. The minimum atomic E-state index is -0.133. The van der Waals surface area contributed by atoms with Crippen LogP contribution in [-0.2, 0) is 0 Å². The molecule has 2 amide bonds. The third kappa shape index (κ3) is 4.37. The van der Waals surface area contributed by atoms with Crippen LogP contribution in [0.15, 0.2) is 65.4 Å². The summed E-state index contributed by atoms with van der Waals surface area (Å²) in [5.74, 6) is 0.0737. The summed E-state index contributed by atoms with van der Waals surface area (Å²) in [4.78, 5) is 31.1. The van der Waals surface area contributed by atoms with E-state index in [4.69, 9.17) is 4.42 Å². The first-order valence-corrected chi connectivity index (χ1v) is 9.77. The lowest BCUT2D eigenvalue weighted by Crippen LogP contribution is -2.49. The molecule has 1 atom stereocenters. The van der Waals surface area contributed by atoms with Crippen LogP contribution in [0.2, 0.25) is 0 Å². The van der Waals surface area contributed by atoms with Gasteiger partial charge in [0.15, 0.2) is 5.76 Å². The van der Waals surface area contributed by atoms with E-state index in [9.17, 15) is 9.59 Å². The molecule has 3 aromatic rings. The number of aromatic nitrogens is 1. The molecule has 148 valence electrons. The molecular weight excluding hydrogens is 366 g/mol. The Morgan fingerprint density at radius 3 is 2.69 bits per heavy atom. The fourth-order valence-corrected chi connectivity index (χ4v) is 3.64. The molecular formula is C23H23N3O3. The van der Waals surface area contributed by atoms with Gasteiger partial charge in [-0.15, -0.1) is 0 Å². The second kappa shape index (κ2) is 8.31. The maximum absolute atomic E-state index is 12.7. The quantitative estimate of drug-likeness (QED) is 0.738. The van der Waals surface area contributed by atoms with Gasteiger partial charge in [-0.3, -0.25) is 14.6 Å². The molecule has 0 spiro atoms. The van der Waals surface area contributed by atoms with Gasteiger partial charge in [0, 0.05) is 36.6 Å². The smallest absolute Gasteiger partial charge is 0.289 e. The zero-order chi connectivity index (χ0) is 20.2. The average molecular weight is 389 g/mol. The number of rotatable bonds is 4. The zero-order valence-corrected chi connectivity index (χ0v) is 16.3. The summed E-state index contributed by atoms with van der Waals surface area (Å²) >= 11 is 0. The highest BCUT2D eigenvalue weighted by Gasteiger charge is 2.27. The van der Waals surface area contributed by atoms with Crippen molar-refractivity contribution in [2.75, 3.05) is 13.1 Å². The normalized spacial score (nSPS) is 16.4. The Hall–Kier alpha value is -3.41. The monoisotopic (exact) mass is 389 g/mol. The van der Waals surface area contributed by atoms with Crippen molar-refractivity contribution < 1.29 is 14.0 Å². The highest BCUT2D eigenvalue weighted by atomic mass is 16.3. The van der Waals surface area contributed by atoms with Crippen LogP contribution in [0, 0.1) is 6.92 Å². The van der Waals surface area contributed by atoms with Gasteiger partial charge < -0.3 is 14.6 Å². The van der Waals surface area contributed by atoms with Gasteiger partial charge >= 0.3 is 0 Å². The summed E-state index contributed by atoms with van der Waals surface area (Å²) in [6, 6.07) is 14.8. The number of pyridine rings is 1.